The Morgan fingerprint density at radius 2 is 2.04 bits per heavy atom. The lowest BCUT2D eigenvalue weighted by molar-refractivity contribution is 0.0697. The maximum absolute atomic E-state index is 14.6. The molecule has 26 heavy (non-hydrogen) atoms. The van der Waals surface area contributed by atoms with Crippen molar-refractivity contribution in [2.24, 2.45) is 0 Å². The highest BCUT2D eigenvalue weighted by Crippen LogP contribution is 2.34. The lowest BCUT2D eigenvalue weighted by Crippen LogP contribution is -2.14. The molecule has 5 nitrogen and oxygen atoms in total. The molecular weight excluding hydrogens is 335 g/mol. The van der Waals surface area contributed by atoms with Gasteiger partial charge in [-0.15, -0.1) is 0 Å². The van der Waals surface area contributed by atoms with Crippen molar-refractivity contribution in [1.29, 1.82) is 0 Å². The minimum atomic E-state index is -1.01. The molecule has 1 N–H and O–H groups in total. The molecule has 0 aliphatic heterocycles. The van der Waals surface area contributed by atoms with Crippen LogP contribution in [0.1, 0.15) is 48.0 Å². The molecule has 0 aliphatic rings. The number of methoxy groups -OCH3 is 1. The minimum Gasteiger partial charge on any atom is -0.496 e. The van der Waals surface area contributed by atoms with Gasteiger partial charge < -0.3 is 14.2 Å². The summed E-state index contributed by atoms with van der Waals surface area (Å²) in [6.45, 7) is 6.02. The van der Waals surface area contributed by atoms with Gasteiger partial charge in [0.05, 0.1) is 18.4 Å². The quantitative estimate of drug-likeness (QED) is 0.765. The first kappa shape index (κ1) is 17.9. The number of halogens is 1. The molecule has 0 unspecified atom stereocenters. The highest BCUT2D eigenvalue weighted by molar-refractivity contribution is 5.88. The van der Waals surface area contributed by atoms with Crippen molar-refractivity contribution >= 4 is 11.6 Å². The van der Waals surface area contributed by atoms with Crippen LogP contribution >= 0.6 is 0 Å². The van der Waals surface area contributed by atoms with Crippen molar-refractivity contribution in [3.8, 4) is 5.75 Å². The Bertz CT molecular complexity index is 987. The normalized spacial score (nSPS) is 11.7. The fourth-order valence-corrected chi connectivity index (χ4v) is 2.93. The predicted molar refractivity (Wildman–Crippen MR) is 96.6 cm³/mol. The SMILES string of the molecule is COc1cc(Cc2cn3ccc(C(=O)O)cc3n2)c(F)cc1C(C)(C)C. The molecule has 3 rings (SSSR count). The number of hydrogen-bond acceptors (Lipinski definition) is 3. The van der Waals surface area contributed by atoms with Crippen LogP contribution in [0, 0.1) is 5.82 Å². The number of imidazole rings is 1. The van der Waals surface area contributed by atoms with Crippen LogP contribution in [-0.4, -0.2) is 27.6 Å². The molecule has 2 heterocycles. The first-order valence-electron chi connectivity index (χ1n) is 8.27. The zero-order chi connectivity index (χ0) is 19.1. The van der Waals surface area contributed by atoms with Crippen LogP contribution < -0.4 is 4.74 Å². The standard InChI is InChI=1S/C20H21FN2O3/c1-20(2,3)15-10-16(21)13(8-17(15)26-4)7-14-11-23-6-5-12(19(24)25)9-18(23)22-14/h5-6,8-11H,7H2,1-4H3,(H,24,25). The van der Waals surface area contributed by atoms with Crippen molar-refractivity contribution in [3.05, 3.63) is 64.9 Å². The van der Waals surface area contributed by atoms with Crippen LogP contribution in [0.3, 0.4) is 0 Å². The smallest absolute Gasteiger partial charge is 0.335 e. The third kappa shape index (κ3) is 3.40. The maximum Gasteiger partial charge on any atom is 0.335 e. The van der Waals surface area contributed by atoms with E-state index in [9.17, 15) is 9.18 Å². The molecule has 136 valence electrons. The molecule has 0 spiro atoms. The molecule has 2 aromatic heterocycles. The summed E-state index contributed by atoms with van der Waals surface area (Å²) in [4.78, 5) is 15.5. The number of fused-ring (bicyclic) bond motifs is 1. The van der Waals surface area contributed by atoms with Crippen LogP contribution in [0.25, 0.3) is 5.65 Å². The largest absolute Gasteiger partial charge is 0.496 e. The van der Waals surface area contributed by atoms with Crippen LogP contribution in [0.5, 0.6) is 5.75 Å². The first-order chi connectivity index (χ1) is 12.2. The third-order valence-corrected chi connectivity index (χ3v) is 4.31. The number of rotatable bonds is 4. The molecule has 1 aromatic carbocycles. The van der Waals surface area contributed by atoms with Gasteiger partial charge in [-0.25, -0.2) is 14.2 Å². The lowest BCUT2D eigenvalue weighted by Gasteiger charge is -2.23. The van der Waals surface area contributed by atoms with E-state index >= 15 is 0 Å². The topological polar surface area (TPSA) is 63.8 Å². The Labute approximate surface area is 151 Å². The number of carboxylic acids is 1. The highest BCUT2D eigenvalue weighted by atomic mass is 19.1. The van der Waals surface area contributed by atoms with Gasteiger partial charge in [0.1, 0.15) is 17.2 Å². The fourth-order valence-electron chi connectivity index (χ4n) is 2.93. The monoisotopic (exact) mass is 356 g/mol. The molecule has 0 amide bonds. The minimum absolute atomic E-state index is 0.164. The van der Waals surface area contributed by atoms with Crippen molar-refractivity contribution in [2.75, 3.05) is 7.11 Å². The van der Waals surface area contributed by atoms with E-state index in [0.29, 0.717) is 22.7 Å². The maximum atomic E-state index is 14.6. The summed E-state index contributed by atoms with van der Waals surface area (Å²) in [5.41, 5.74) is 2.38. The number of aromatic nitrogens is 2. The van der Waals surface area contributed by atoms with Gasteiger partial charge in [-0.1, -0.05) is 20.8 Å². The number of ether oxygens (including phenoxy) is 1. The van der Waals surface area contributed by atoms with Gasteiger partial charge in [-0.2, -0.15) is 0 Å². The zero-order valence-corrected chi connectivity index (χ0v) is 15.2. The summed E-state index contributed by atoms with van der Waals surface area (Å²) >= 11 is 0. The van der Waals surface area contributed by atoms with Crippen molar-refractivity contribution in [1.82, 2.24) is 9.38 Å². The second-order valence-electron chi connectivity index (χ2n) is 7.29. The van der Waals surface area contributed by atoms with E-state index < -0.39 is 5.97 Å². The second-order valence-corrected chi connectivity index (χ2v) is 7.29. The molecule has 0 radical (unpaired) electrons. The second kappa shape index (κ2) is 6.44. The number of pyridine rings is 1. The van der Waals surface area contributed by atoms with Gasteiger partial charge in [0, 0.05) is 24.4 Å². The zero-order valence-electron chi connectivity index (χ0n) is 15.2. The fraction of sp³-hybridized carbons (Fsp3) is 0.300. The van der Waals surface area contributed by atoms with Crippen LogP contribution in [0.4, 0.5) is 4.39 Å². The van der Waals surface area contributed by atoms with E-state index in [-0.39, 0.29) is 23.2 Å². The highest BCUT2D eigenvalue weighted by Gasteiger charge is 2.22. The summed E-state index contributed by atoms with van der Waals surface area (Å²) < 4.78 is 21.8. The number of benzene rings is 1. The average molecular weight is 356 g/mol. The summed E-state index contributed by atoms with van der Waals surface area (Å²) in [6.07, 6.45) is 3.69. The molecule has 0 atom stereocenters. The molecule has 3 aromatic rings. The average Bonchev–Trinajstić information content (AvgIpc) is 2.96. The number of hydrogen-bond donors (Lipinski definition) is 1. The molecule has 0 bridgehead atoms. The third-order valence-electron chi connectivity index (χ3n) is 4.31. The van der Waals surface area contributed by atoms with Gasteiger partial charge in [-0.3, -0.25) is 0 Å². The molecule has 6 heteroatoms. The Hall–Kier alpha value is -2.89. The van der Waals surface area contributed by atoms with Gasteiger partial charge in [0.25, 0.3) is 0 Å². The van der Waals surface area contributed by atoms with Gasteiger partial charge in [0.15, 0.2) is 0 Å². The summed E-state index contributed by atoms with van der Waals surface area (Å²) in [6, 6.07) is 6.23. The van der Waals surface area contributed by atoms with E-state index in [1.54, 1.807) is 30.0 Å². The number of aromatic carboxylic acids is 1. The van der Waals surface area contributed by atoms with Gasteiger partial charge >= 0.3 is 5.97 Å². The van der Waals surface area contributed by atoms with Crippen LogP contribution in [0.15, 0.2) is 36.7 Å². The Morgan fingerprint density at radius 1 is 1.31 bits per heavy atom. The predicted octanol–water partition coefficient (Wildman–Crippen LogP) is 4.07. The Morgan fingerprint density at radius 3 is 2.65 bits per heavy atom. The van der Waals surface area contributed by atoms with Crippen LogP contribution in [0.2, 0.25) is 0 Å². The van der Waals surface area contributed by atoms with Crippen molar-refractivity contribution in [3.63, 3.8) is 0 Å². The summed E-state index contributed by atoms with van der Waals surface area (Å²) in [7, 11) is 1.57. The van der Waals surface area contributed by atoms with Crippen molar-refractivity contribution < 1.29 is 19.0 Å². The molecule has 0 aliphatic carbocycles. The van der Waals surface area contributed by atoms with E-state index in [2.05, 4.69) is 4.98 Å². The van der Waals surface area contributed by atoms with E-state index in [4.69, 9.17) is 9.84 Å². The Balaban J connectivity index is 1.98. The Kier molecular flexibility index (Phi) is 4.44. The molecule has 0 saturated carbocycles. The van der Waals surface area contributed by atoms with E-state index in [1.807, 2.05) is 20.8 Å². The van der Waals surface area contributed by atoms with E-state index in [1.165, 1.54) is 18.2 Å². The summed E-state index contributed by atoms with van der Waals surface area (Å²) in [5.74, 6) is -0.671. The van der Waals surface area contributed by atoms with Gasteiger partial charge in [0.2, 0.25) is 0 Å². The first-order valence-corrected chi connectivity index (χ1v) is 8.27. The van der Waals surface area contributed by atoms with Crippen molar-refractivity contribution in [2.45, 2.75) is 32.6 Å². The lowest BCUT2D eigenvalue weighted by atomic mass is 9.85. The number of carbonyl (C=O) groups is 1. The molecular formula is C20H21FN2O3. The number of carboxylic acid groups (broad SMARTS) is 1. The summed E-state index contributed by atoms with van der Waals surface area (Å²) in [5, 5.41) is 9.07. The van der Waals surface area contributed by atoms with E-state index in [0.717, 1.165) is 5.56 Å². The number of nitrogens with zero attached hydrogens (tertiary/aromatic N) is 2. The van der Waals surface area contributed by atoms with Gasteiger partial charge in [-0.05, 0) is 35.2 Å². The molecule has 0 saturated heterocycles. The molecule has 0 fully saturated rings. The van der Waals surface area contributed by atoms with Crippen LogP contribution in [-0.2, 0) is 11.8 Å².